The maximum absolute atomic E-state index is 11.5. The molecule has 1 saturated carbocycles. The van der Waals surface area contributed by atoms with Gasteiger partial charge in [0.05, 0.1) is 17.8 Å². The molecule has 1 heterocycles. The third kappa shape index (κ3) is 2.34. The molecule has 16 heavy (non-hydrogen) atoms. The summed E-state index contributed by atoms with van der Waals surface area (Å²) in [5.41, 5.74) is 0.765. The molecule has 1 aromatic heterocycles. The molecule has 88 valence electrons. The first kappa shape index (κ1) is 11.4. The van der Waals surface area contributed by atoms with E-state index < -0.39 is 0 Å². The van der Waals surface area contributed by atoms with Crippen LogP contribution in [0.4, 0.5) is 0 Å². The fourth-order valence-corrected chi connectivity index (χ4v) is 2.53. The molecule has 0 N–H and O–H groups in total. The molecule has 2 atom stereocenters. The molecule has 2 rings (SSSR count). The SMILES string of the molecule is CCC(=O)c1cnn(C2CCCC(C)C2)c1. The highest BCUT2D eigenvalue weighted by Gasteiger charge is 2.21. The summed E-state index contributed by atoms with van der Waals surface area (Å²) in [6.45, 7) is 4.19. The summed E-state index contributed by atoms with van der Waals surface area (Å²) in [7, 11) is 0. The first-order valence-corrected chi connectivity index (χ1v) is 6.28. The van der Waals surface area contributed by atoms with Crippen LogP contribution in [-0.2, 0) is 0 Å². The zero-order chi connectivity index (χ0) is 11.5. The summed E-state index contributed by atoms with van der Waals surface area (Å²) < 4.78 is 2.00. The molecule has 1 aromatic rings. The smallest absolute Gasteiger partial charge is 0.165 e. The van der Waals surface area contributed by atoms with E-state index in [4.69, 9.17) is 0 Å². The van der Waals surface area contributed by atoms with Crippen molar-refractivity contribution < 1.29 is 4.79 Å². The molecule has 1 aliphatic rings. The van der Waals surface area contributed by atoms with Crippen molar-refractivity contribution in [2.24, 2.45) is 5.92 Å². The molecular formula is C13H20N2O. The molecule has 0 bridgehead atoms. The highest BCUT2D eigenvalue weighted by atomic mass is 16.1. The van der Waals surface area contributed by atoms with E-state index in [0.717, 1.165) is 11.5 Å². The first-order valence-electron chi connectivity index (χ1n) is 6.28. The number of hydrogen-bond acceptors (Lipinski definition) is 2. The second kappa shape index (κ2) is 4.81. The van der Waals surface area contributed by atoms with Gasteiger partial charge >= 0.3 is 0 Å². The normalized spacial score (nSPS) is 25.6. The minimum atomic E-state index is 0.190. The molecule has 0 aromatic carbocycles. The molecule has 1 fully saturated rings. The van der Waals surface area contributed by atoms with Crippen LogP contribution in [0.15, 0.2) is 12.4 Å². The summed E-state index contributed by atoms with van der Waals surface area (Å²) in [4.78, 5) is 11.5. The van der Waals surface area contributed by atoms with Gasteiger partial charge in [-0.3, -0.25) is 9.48 Å². The molecule has 0 aliphatic heterocycles. The Morgan fingerprint density at radius 3 is 3.06 bits per heavy atom. The minimum Gasteiger partial charge on any atom is -0.294 e. The van der Waals surface area contributed by atoms with E-state index in [2.05, 4.69) is 12.0 Å². The average Bonchev–Trinajstić information content (AvgIpc) is 2.77. The number of aromatic nitrogens is 2. The van der Waals surface area contributed by atoms with Crippen molar-refractivity contribution in [1.82, 2.24) is 9.78 Å². The number of Topliss-reactive ketones (excluding diaryl/α,β-unsaturated/α-hetero) is 1. The average molecular weight is 220 g/mol. The Balaban J connectivity index is 2.09. The van der Waals surface area contributed by atoms with Crippen molar-refractivity contribution in [3.8, 4) is 0 Å². The van der Waals surface area contributed by atoms with E-state index in [1.165, 1.54) is 25.7 Å². The van der Waals surface area contributed by atoms with Gasteiger partial charge in [-0.05, 0) is 18.8 Å². The van der Waals surface area contributed by atoms with E-state index in [1.807, 2.05) is 17.8 Å². The molecule has 0 amide bonds. The van der Waals surface area contributed by atoms with Crippen LogP contribution in [0.25, 0.3) is 0 Å². The highest BCUT2D eigenvalue weighted by Crippen LogP contribution is 2.31. The van der Waals surface area contributed by atoms with Gasteiger partial charge in [0, 0.05) is 12.6 Å². The van der Waals surface area contributed by atoms with E-state index in [-0.39, 0.29) is 5.78 Å². The number of rotatable bonds is 3. The lowest BCUT2D eigenvalue weighted by Gasteiger charge is -2.26. The monoisotopic (exact) mass is 220 g/mol. The molecule has 3 heteroatoms. The quantitative estimate of drug-likeness (QED) is 0.733. The summed E-state index contributed by atoms with van der Waals surface area (Å²) in [6, 6.07) is 0.502. The van der Waals surface area contributed by atoms with Crippen molar-refractivity contribution in [3.63, 3.8) is 0 Å². The third-order valence-electron chi connectivity index (χ3n) is 3.53. The summed E-state index contributed by atoms with van der Waals surface area (Å²) in [5.74, 6) is 0.975. The fraction of sp³-hybridized carbons (Fsp3) is 0.692. The lowest BCUT2D eigenvalue weighted by Crippen LogP contribution is -2.18. The van der Waals surface area contributed by atoms with Crippen molar-refractivity contribution in [2.45, 2.75) is 52.0 Å². The number of nitrogens with zero attached hydrogens (tertiary/aromatic N) is 2. The van der Waals surface area contributed by atoms with E-state index >= 15 is 0 Å². The van der Waals surface area contributed by atoms with Crippen LogP contribution in [0.2, 0.25) is 0 Å². The standard InChI is InChI=1S/C13H20N2O/c1-3-13(16)11-8-14-15(9-11)12-6-4-5-10(2)7-12/h8-10,12H,3-7H2,1-2H3. The van der Waals surface area contributed by atoms with Crippen molar-refractivity contribution in [1.29, 1.82) is 0 Å². The zero-order valence-electron chi connectivity index (χ0n) is 10.1. The zero-order valence-corrected chi connectivity index (χ0v) is 10.1. The van der Waals surface area contributed by atoms with Crippen molar-refractivity contribution >= 4 is 5.78 Å². The second-order valence-corrected chi connectivity index (χ2v) is 4.91. The number of carbonyl (C=O) groups is 1. The Bertz CT molecular complexity index is 370. The van der Waals surface area contributed by atoms with Crippen LogP contribution in [0, 0.1) is 5.92 Å². The van der Waals surface area contributed by atoms with Gasteiger partial charge in [0.25, 0.3) is 0 Å². The number of carbonyl (C=O) groups excluding carboxylic acids is 1. The minimum absolute atomic E-state index is 0.190. The topological polar surface area (TPSA) is 34.9 Å². The Kier molecular flexibility index (Phi) is 3.42. The maximum Gasteiger partial charge on any atom is 0.165 e. The Morgan fingerprint density at radius 2 is 2.38 bits per heavy atom. The Labute approximate surface area is 96.8 Å². The molecule has 2 unspecified atom stereocenters. The summed E-state index contributed by atoms with van der Waals surface area (Å²) in [6.07, 6.45) is 9.21. The lowest BCUT2D eigenvalue weighted by molar-refractivity contribution is 0.0988. The van der Waals surface area contributed by atoms with Crippen LogP contribution in [0.5, 0.6) is 0 Å². The number of hydrogen-bond donors (Lipinski definition) is 0. The van der Waals surface area contributed by atoms with Gasteiger partial charge in [0.1, 0.15) is 0 Å². The second-order valence-electron chi connectivity index (χ2n) is 4.91. The van der Waals surface area contributed by atoms with Gasteiger partial charge in [-0.1, -0.05) is 26.7 Å². The summed E-state index contributed by atoms with van der Waals surface area (Å²) in [5, 5.41) is 4.34. The van der Waals surface area contributed by atoms with Crippen LogP contribution in [-0.4, -0.2) is 15.6 Å². The Morgan fingerprint density at radius 1 is 1.56 bits per heavy atom. The predicted molar refractivity (Wildman–Crippen MR) is 63.5 cm³/mol. The van der Waals surface area contributed by atoms with Crippen molar-refractivity contribution in [3.05, 3.63) is 18.0 Å². The van der Waals surface area contributed by atoms with Crippen LogP contribution in [0.3, 0.4) is 0 Å². The van der Waals surface area contributed by atoms with E-state index in [0.29, 0.717) is 12.5 Å². The molecule has 3 nitrogen and oxygen atoms in total. The maximum atomic E-state index is 11.5. The fourth-order valence-electron chi connectivity index (χ4n) is 2.53. The molecular weight excluding hydrogens is 200 g/mol. The molecule has 0 spiro atoms. The van der Waals surface area contributed by atoms with Gasteiger partial charge in [-0.2, -0.15) is 5.10 Å². The molecule has 0 saturated heterocycles. The number of ketones is 1. The van der Waals surface area contributed by atoms with Gasteiger partial charge in [-0.15, -0.1) is 0 Å². The van der Waals surface area contributed by atoms with Crippen molar-refractivity contribution in [2.75, 3.05) is 0 Å². The third-order valence-corrected chi connectivity index (χ3v) is 3.53. The molecule has 0 radical (unpaired) electrons. The Hall–Kier alpha value is -1.12. The summed E-state index contributed by atoms with van der Waals surface area (Å²) >= 11 is 0. The van der Waals surface area contributed by atoms with E-state index in [1.54, 1.807) is 6.20 Å². The van der Waals surface area contributed by atoms with Gasteiger partial charge in [-0.25, -0.2) is 0 Å². The van der Waals surface area contributed by atoms with Crippen LogP contribution < -0.4 is 0 Å². The van der Waals surface area contributed by atoms with Gasteiger partial charge in [0.15, 0.2) is 5.78 Å². The highest BCUT2D eigenvalue weighted by molar-refractivity contribution is 5.95. The van der Waals surface area contributed by atoms with Crippen LogP contribution >= 0.6 is 0 Å². The van der Waals surface area contributed by atoms with Crippen LogP contribution in [0.1, 0.15) is 62.4 Å². The largest absolute Gasteiger partial charge is 0.294 e. The van der Waals surface area contributed by atoms with Gasteiger partial charge < -0.3 is 0 Å². The van der Waals surface area contributed by atoms with Gasteiger partial charge in [0.2, 0.25) is 0 Å². The lowest BCUT2D eigenvalue weighted by atomic mass is 9.87. The van der Waals surface area contributed by atoms with E-state index in [9.17, 15) is 4.79 Å². The first-order chi connectivity index (χ1) is 7.70. The molecule has 1 aliphatic carbocycles. The predicted octanol–water partition coefficient (Wildman–Crippen LogP) is 3.23.